The minimum Gasteiger partial charge on any atom is -0.497 e. The largest absolute Gasteiger partial charge is 0.497 e. The van der Waals surface area contributed by atoms with E-state index in [4.69, 9.17) is 9.47 Å². The van der Waals surface area contributed by atoms with E-state index in [1.54, 1.807) is 30.5 Å². The lowest BCUT2D eigenvalue weighted by molar-refractivity contribution is -0.112. The molecule has 0 spiro atoms. The summed E-state index contributed by atoms with van der Waals surface area (Å²) in [5, 5.41) is 2.51. The molecule has 1 heterocycles. The third-order valence-corrected chi connectivity index (χ3v) is 2.70. The lowest BCUT2D eigenvalue weighted by Gasteiger charge is -2.11. The van der Waals surface area contributed by atoms with Gasteiger partial charge in [0, 0.05) is 12.3 Å². The third kappa shape index (κ3) is 2.80. The van der Waals surface area contributed by atoms with Crippen molar-refractivity contribution in [2.24, 2.45) is 0 Å². The van der Waals surface area contributed by atoms with Crippen molar-refractivity contribution in [1.82, 2.24) is 4.98 Å². The Balaban J connectivity index is 2.20. The maximum Gasteiger partial charge on any atom is 0.298 e. The Labute approximate surface area is 115 Å². The minimum atomic E-state index is -0.751. The molecule has 2 N–H and O–H groups in total. The first-order chi connectivity index (χ1) is 9.65. The number of carbonyl (C=O) groups excluding carboxylic acids is 2. The van der Waals surface area contributed by atoms with Gasteiger partial charge in [-0.2, -0.15) is 0 Å². The van der Waals surface area contributed by atoms with Crippen LogP contribution in [0.4, 0.5) is 5.69 Å². The van der Waals surface area contributed by atoms with Crippen LogP contribution in [0, 0.1) is 0 Å². The Morgan fingerprint density at radius 3 is 2.55 bits per heavy atom. The molecule has 0 aliphatic rings. The van der Waals surface area contributed by atoms with Gasteiger partial charge in [0.15, 0.2) is 0 Å². The first-order valence-electron chi connectivity index (χ1n) is 5.87. The number of aromatic amines is 1. The molecule has 20 heavy (non-hydrogen) atoms. The number of ether oxygens (including phenoxy) is 2. The monoisotopic (exact) mass is 274 g/mol. The molecule has 6 heteroatoms. The van der Waals surface area contributed by atoms with Crippen LogP contribution < -0.4 is 14.8 Å². The van der Waals surface area contributed by atoms with Gasteiger partial charge in [-0.3, -0.25) is 9.59 Å². The predicted molar refractivity (Wildman–Crippen MR) is 73.3 cm³/mol. The molecule has 0 aliphatic heterocycles. The van der Waals surface area contributed by atoms with Crippen LogP contribution in [-0.2, 0) is 4.79 Å². The number of hydrogen-bond acceptors (Lipinski definition) is 4. The molecule has 0 fully saturated rings. The van der Waals surface area contributed by atoms with Crippen LogP contribution in [-0.4, -0.2) is 30.9 Å². The molecule has 0 bridgehead atoms. The van der Waals surface area contributed by atoms with Crippen LogP contribution in [0.5, 0.6) is 11.5 Å². The van der Waals surface area contributed by atoms with Crippen LogP contribution in [0.1, 0.15) is 10.5 Å². The van der Waals surface area contributed by atoms with Crippen LogP contribution >= 0.6 is 0 Å². The Hall–Kier alpha value is -2.76. The fourth-order valence-electron chi connectivity index (χ4n) is 1.68. The SMILES string of the molecule is COc1ccc(OC)c(NC(=O)C(=O)c2ccc[nH]2)c1. The van der Waals surface area contributed by atoms with Gasteiger partial charge in [-0.1, -0.05) is 0 Å². The predicted octanol–water partition coefficient (Wildman–Crippen LogP) is 1.85. The maximum absolute atomic E-state index is 11.9. The summed E-state index contributed by atoms with van der Waals surface area (Å²) in [5.74, 6) is -0.411. The fourth-order valence-corrected chi connectivity index (χ4v) is 1.68. The van der Waals surface area contributed by atoms with Crippen LogP contribution in [0.25, 0.3) is 0 Å². The van der Waals surface area contributed by atoms with Gasteiger partial charge in [0.25, 0.3) is 11.7 Å². The number of amides is 1. The number of nitrogens with one attached hydrogen (secondary N) is 2. The normalized spacial score (nSPS) is 9.90. The van der Waals surface area contributed by atoms with Crippen molar-refractivity contribution >= 4 is 17.4 Å². The number of hydrogen-bond donors (Lipinski definition) is 2. The number of ketones is 1. The lowest BCUT2D eigenvalue weighted by Crippen LogP contribution is -2.23. The van der Waals surface area contributed by atoms with E-state index in [9.17, 15) is 9.59 Å². The number of aromatic nitrogens is 1. The zero-order chi connectivity index (χ0) is 14.5. The highest BCUT2D eigenvalue weighted by Gasteiger charge is 2.18. The van der Waals surface area contributed by atoms with Gasteiger partial charge < -0.3 is 19.8 Å². The molecule has 1 amide bonds. The summed E-state index contributed by atoms with van der Waals surface area (Å²) < 4.78 is 10.2. The summed E-state index contributed by atoms with van der Waals surface area (Å²) >= 11 is 0. The number of rotatable bonds is 5. The molecule has 1 aromatic carbocycles. The Bertz CT molecular complexity index is 620. The molecule has 0 aliphatic carbocycles. The molecule has 0 radical (unpaired) electrons. The molecule has 0 unspecified atom stereocenters. The Morgan fingerprint density at radius 1 is 1.15 bits per heavy atom. The zero-order valence-electron chi connectivity index (χ0n) is 11.1. The number of methoxy groups -OCH3 is 2. The summed E-state index contributed by atoms with van der Waals surface area (Å²) in [5.41, 5.74) is 0.598. The van der Waals surface area contributed by atoms with E-state index < -0.39 is 11.7 Å². The van der Waals surface area contributed by atoms with Gasteiger partial charge >= 0.3 is 0 Å². The summed E-state index contributed by atoms with van der Waals surface area (Å²) in [4.78, 5) is 26.4. The maximum atomic E-state index is 11.9. The van der Waals surface area contributed by atoms with E-state index >= 15 is 0 Å². The van der Waals surface area contributed by atoms with Gasteiger partial charge in [-0.05, 0) is 24.3 Å². The molecule has 1 aromatic heterocycles. The molecule has 104 valence electrons. The van der Waals surface area contributed by atoms with Gasteiger partial charge in [-0.15, -0.1) is 0 Å². The van der Waals surface area contributed by atoms with E-state index in [0.29, 0.717) is 17.2 Å². The van der Waals surface area contributed by atoms with Crippen LogP contribution in [0.3, 0.4) is 0 Å². The molecule has 0 saturated carbocycles. The number of Topliss-reactive ketones (excluding diaryl/α,β-unsaturated/α-hetero) is 1. The Kier molecular flexibility index (Phi) is 4.05. The highest BCUT2D eigenvalue weighted by atomic mass is 16.5. The quantitative estimate of drug-likeness (QED) is 0.644. The fraction of sp³-hybridized carbons (Fsp3) is 0.143. The topological polar surface area (TPSA) is 80.4 Å². The van der Waals surface area contributed by atoms with E-state index in [2.05, 4.69) is 10.3 Å². The summed E-state index contributed by atoms with van der Waals surface area (Å²) in [6, 6.07) is 8.10. The van der Waals surface area contributed by atoms with Crippen molar-refractivity contribution < 1.29 is 19.1 Å². The second-order valence-corrected chi connectivity index (χ2v) is 3.93. The first-order valence-corrected chi connectivity index (χ1v) is 5.87. The van der Waals surface area contributed by atoms with E-state index in [1.807, 2.05) is 0 Å². The summed E-state index contributed by atoms with van der Waals surface area (Å²) in [6.45, 7) is 0. The molecule has 0 saturated heterocycles. The van der Waals surface area contributed by atoms with Gasteiger partial charge in [0.1, 0.15) is 11.5 Å². The molecule has 2 rings (SSSR count). The van der Waals surface area contributed by atoms with Crippen molar-refractivity contribution in [3.63, 3.8) is 0 Å². The van der Waals surface area contributed by atoms with E-state index in [0.717, 1.165) is 0 Å². The molecular formula is C14H14N2O4. The third-order valence-electron chi connectivity index (χ3n) is 2.70. The smallest absolute Gasteiger partial charge is 0.298 e. The van der Waals surface area contributed by atoms with Gasteiger partial charge in [0.05, 0.1) is 25.6 Å². The van der Waals surface area contributed by atoms with Crippen molar-refractivity contribution in [3.05, 3.63) is 42.2 Å². The van der Waals surface area contributed by atoms with Gasteiger partial charge in [-0.25, -0.2) is 0 Å². The highest BCUT2D eigenvalue weighted by molar-refractivity contribution is 6.46. The van der Waals surface area contributed by atoms with Crippen molar-refractivity contribution in [2.75, 3.05) is 19.5 Å². The Morgan fingerprint density at radius 2 is 1.95 bits per heavy atom. The lowest BCUT2D eigenvalue weighted by atomic mass is 10.2. The van der Waals surface area contributed by atoms with Crippen molar-refractivity contribution in [2.45, 2.75) is 0 Å². The average Bonchev–Trinajstić information content (AvgIpc) is 3.00. The minimum absolute atomic E-state index is 0.226. The highest BCUT2D eigenvalue weighted by Crippen LogP contribution is 2.28. The molecule has 2 aromatic rings. The molecule has 0 atom stereocenters. The summed E-state index contributed by atoms with van der Waals surface area (Å²) in [7, 11) is 2.99. The second-order valence-electron chi connectivity index (χ2n) is 3.93. The van der Waals surface area contributed by atoms with Crippen molar-refractivity contribution in [1.29, 1.82) is 0 Å². The first kappa shape index (κ1) is 13.7. The number of carbonyl (C=O) groups is 2. The number of anilines is 1. The average molecular weight is 274 g/mol. The van der Waals surface area contributed by atoms with Crippen LogP contribution in [0.2, 0.25) is 0 Å². The van der Waals surface area contributed by atoms with Gasteiger partial charge in [0.2, 0.25) is 0 Å². The van der Waals surface area contributed by atoms with E-state index in [1.165, 1.54) is 20.3 Å². The number of benzene rings is 1. The van der Waals surface area contributed by atoms with E-state index in [-0.39, 0.29) is 5.69 Å². The standard InChI is InChI=1S/C14H14N2O4/c1-19-9-5-6-12(20-2)11(8-9)16-14(18)13(17)10-4-3-7-15-10/h3-8,15H,1-2H3,(H,16,18). The second kappa shape index (κ2) is 5.92. The zero-order valence-corrected chi connectivity index (χ0v) is 11.1. The molecular weight excluding hydrogens is 260 g/mol. The number of H-pyrrole nitrogens is 1. The van der Waals surface area contributed by atoms with Crippen molar-refractivity contribution in [3.8, 4) is 11.5 Å². The molecule has 6 nitrogen and oxygen atoms in total. The van der Waals surface area contributed by atoms with Crippen LogP contribution in [0.15, 0.2) is 36.5 Å². The summed E-state index contributed by atoms with van der Waals surface area (Å²) in [6.07, 6.45) is 1.58.